The first kappa shape index (κ1) is 120. The number of ketones is 5. The Bertz CT molecular complexity index is 3830. The molecule has 0 aliphatic rings. The van der Waals surface area contributed by atoms with Gasteiger partial charge in [-0.25, -0.2) is 0 Å². The summed E-state index contributed by atoms with van der Waals surface area (Å²) >= 11 is 6.32. The molecule has 3 radical (unpaired) electrons. The standard InChI is InChI=1S/C10H7F3N2O4.C10H8F3NO2.C8H8BrNO3.C8H6BrNO3.C8H8N2O3.C8H9NO.6CH4.B.HNO3.H3N.Na.H2O4S.H2O.H/c1-5(16)7-4-6(2-3-8(7)15(18)19)14-9(17)10(11,12)13;1-6(15)7-3-2-4-8(5-7)14-9(16)10(11,12)13;3*1-5(11)7-4-6(9)2-3-8(7)10(12)13;1-6(10)7-3-2-4-8(9)5-7;;;;;;;;2-1(3)4;;;1-5(2,3)4;;/h2-4H,1H3,(H,14,17);2-5H,1H3,(H,14,16);2-5,11H,1H3;2-4H,1H3;2-4H,9H2,1H3;2-5H,9H2,1H3;6*1H4;;(H,2,3,4);1H3;;(H2,1,2,3,4);1H2;/q;;;;;;;;;;;;;;;+1;;;-1. The number of amides is 2. The number of nitro groups is 4. The number of nitrogen functional groups attached to an aromatic ring is 2. The zero-order chi connectivity index (χ0) is 72.8. The van der Waals surface area contributed by atoms with Crippen molar-refractivity contribution < 1.29 is 149 Å². The Kier molecular flexibility index (Phi) is 65.4. The molecular weight excluding hydrogens is 1560 g/mol. The molecule has 103 heavy (non-hydrogen) atoms. The number of rotatable bonds is 12. The first-order chi connectivity index (χ1) is 42.4. The van der Waals surface area contributed by atoms with E-state index in [9.17, 15) is 105 Å². The number of carbonyl (C=O) groups is 7. The van der Waals surface area contributed by atoms with Crippen LogP contribution in [0.15, 0.2) is 130 Å². The third kappa shape index (κ3) is 50.4. The summed E-state index contributed by atoms with van der Waals surface area (Å²) in [4.78, 5) is 124. The predicted molar refractivity (Wildman–Crippen MR) is 378 cm³/mol. The molecule has 0 bridgehead atoms. The van der Waals surface area contributed by atoms with Crippen LogP contribution in [0.3, 0.4) is 0 Å². The summed E-state index contributed by atoms with van der Waals surface area (Å²) in [5.41, 5.74) is 11.4. The average molecular weight is 1640 g/mol. The zero-order valence-electron chi connectivity index (χ0n) is 51.8. The van der Waals surface area contributed by atoms with E-state index in [1.54, 1.807) is 41.7 Å². The molecule has 34 nitrogen and oxygen atoms in total. The van der Waals surface area contributed by atoms with Gasteiger partial charge in [0.1, 0.15) is 0 Å². The molecule has 6 rings (SSSR count). The van der Waals surface area contributed by atoms with Gasteiger partial charge in [0.15, 0.2) is 28.9 Å². The minimum atomic E-state index is -5.09. The largest absolute Gasteiger partial charge is 1.00 e. The van der Waals surface area contributed by atoms with Gasteiger partial charge in [-0.2, -0.15) is 34.8 Å². The van der Waals surface area contributed by atoms with Crippen molar-refractivity contribution in [3.8, 4) is 0 Å². The molecule has 1 atom stereocenters. The van der Waals surface area contributed by atoms with Crippen LogP contribution in [-0.4, -0.2) is 120 Å². The van der Waals surface area contributed by atoms with Gasteiger partial charge in [-0.3, -0.25) is 83.1 Å². The topological polar surface area (TPSA) is 593 Å². The Morgan fingerprint density at radius 3 is 1.09 bits per heavy atom. The molecule has 0 aliphatic heterocycles. The second-order valence-electron chi connectivity index (χ2n) is 17.2. The Hall–Kier alpha value is -9.64. The van der Waals surface area contributed by atoms with E-state index in [0.717, 1.165) is 25.1 Å². The third-order valence-electron chi connectivity index (χ3n) is 9.93. The molecule has 1 unspecified atom stereocenters. The summed E-state index contributed by atoms with van der Waals surface area (Å²) in [5, 5.41) is 68.1. The molecule has 0 fully saturated rings. The zero-order valence-corrected chi connectivity index (χ0v) is 56.8. The van der Waals surface area contributed by atoms with E-state index in [-0.39, 0.29) is 169 Å². The summed E-state index contributed by atoms with van der Waals surface area (Å²) in [6.45, 7) is 7.89. The third-order valence-corrected chi connectivity index (χ3v) is 10.9. The normalized spacial score (nSPS) is 9.45. The van der Waals surface area contributed by atoms with E-state index in [1.165, 1.54) is 107 Å². The number of hydrogen-bond acceptors (Lipinski definition) is 23. The van der Waals surface area contributed by atoms with Crippen LogP contribution in [0, 0.1) is 50.6 Å². The monoisotopic (exact) mass is 1640 g/mol. The predicted octanol–water partition coefficient (Wildman–Crippen LogP) is 11.4. The van der Waals surface area contributed by atoms with E-state index in [1.807, 2.05) is 0 Å². The molecule has 0 spiro atoms. The van der Waals surface area contributed by atoms with E-state index < -0.39 is 76.9 Å². The Labute approximate surface area is 629 Å². The van der Waals surface area contributed by atoms with Crippen LogP contribution in [-0.2, 0) is 20.0 Å². The smallest absolute Gasteiger partial charge is 1.00 e. The number of nitrogens with two attached hydrogens (primary N) is 2. The fraction of sp³-hybridized carbons (Fsp3) is 0.259. The summed E-state index contributed by atoms with van der Waals surface area (Å²) in [7, 11) is -4.67. The molecular formula is C58H79BBr2F6N10NaO24S. The van der Waals surface area contributed by atoms with Gasteiger partial charge in [0.05, 0.1) is 48.1 Å². The Morgan fingerprint density at radius 2 is 0.777 bits per heavy atom. The van der Waals surface area contributed by atoms with E-state index in [0.29, 0.717) is 31.4 Å². The number of hydrogen-bond donors (Lipinski definition) is 9. The maximum absolute atomic E-state index is 12.0. The van der Waals surface area contributed by atoms with Crippen molar-refractivity contribution in [2.45, 2.75) is 105 Å². The van der Waals surface area contributed by atoms with E-state index in [2.05, 4.69) is 31.9 Å². The number of benzene rings is 6. The van der Waals surface area contributed by atoms with E-state index in [4.69, 9.17) is 44.3 Å². The summed E-state index contributed by atoms with van der Waals surface area (Å²) in [6.07, 6.45) is -10.9. The number of halogens is 8. The van der Waals surface area contributed by atoms with Crippen LogP contribution in [0.5, 0.6) is 0 Å². The fourth-order valence-electron chi connectivity index (χ4n) is 6.00. The number of nitrogens with zero attached hydrogens (tertiary/aromatic N) is 5. The Balaban J connectivity index is -0.0000000836. The minimum Gasteiger partial charge on any atom is -1.00 e. The van der Waals surface area contributed by atoms with Crippen LogP contribution in [0.4, 0.5) is 71.8 Å². The Morgan fingerprint density at radius 1 is 0.495 bits per heavy atom. The number of Topliss-reactive ketones (excluding diaryl/α,β-unsaturated/α-hetero) is 5. The second-order valence-corrected chi connectivity index (χ2v) is 19.9. The van der Waals surface area contributed by atoms with Gasteiger partial charge in [0.25, 0.3) is 27.8 Å². The second kappa shape index (κ2) is 56.0. The average Bonchev–Trinajstić information content (AvgIpc) is 0.856. The van der Waals surface area contributed by atoms with Crippen molar-refractivity contribution in [3.63, 3.8) is 0 Å². The number of anilines is 4. The quantitative estimate of drug-likeness (QED) is 0.0104. The number of alkyl halides is 6. The molecule has 571 valence electrons. The molecule has 45 heteroatoms. The van der Waals surface area contributed by atoms with Crippen molar-refractivity contribution in [1.29, 1.82) is 0 Å². The first-order valence-corrected chi connectivity index (χ1v) is 27.1. The number of carbonyl (C=O) groups excluding carboxylic acids is 7. The van der Waals surface area contributed by atoms with Crippen molar-refractivity contribution in [2.75, 3.05) is 22.1 Å². The molecule has 0 aromatic heterocycles. The van der Waals surface area contributed by atoms with Crippen LogP contribution < -0.4 is 57.8 Å². The van der Waals surface area contributed by atoms with Gasteiger partial charge in [-0.05, 0) is 114 Å². The maximum Gasteiger partial charge on any atom is 1.00 e. The van der Waals surface area contributed by atoms with Crippen LogP contribution in [0.25, 0.3) is 0 Å². The maximum atomic E-state index is 12.0. The minimum absolute atomic E-state index is 0. The van der Waals surface area contributed by atoms with Gasteiger partial charge in [-0.15, -0.1) is 10.1 Å². The molecule has 6 aromatic rings. The SMILES string of the molecule is C.C.C.C.C.C.CC(=O)c1cc(Br)ccc1[N+](=O)[O-].CC(=O)c1cc(N)ccc1[N+](=O)[O-].CC(=O)c1cc(NC(=O)C(F)(F)F)ccc1[N+](=O)[O-].CC(=O)c1cccc(N)c1.CC(=O)c1cccc(NC(=O)C(F)(F)F)c1.CC(O)c1cc(Br)ccc1[N+](=O)[O-].N.O.O=S(=O)(O)O.O=[N+]([O-])O.[B].[H-].[Na+]. The molecule has 15 N–H and O–H groups in total. The van der Waals surface area contributed by atoms with Gasteiger partial charge >= 0.3 is 64.1 Å². The van der Waals surface area contributed by atoms with Gasteiger partial charge in [0.2, 0.25) is 0 Å². The molecule has 0 heterocycles. The molecule has 2 amide bonds. The van der Waals surface area contributed by atoms with Crippen LogP contribution in [0.2, 0.25) is 0 Å². The van der Waals surface area contributed by atoms with Crippen molar-refractivity contribution in [3.05, 3.63) is 214 Å². The fourth-order valence-corrected chi connectivity index (χ4v) is 6.74. The van der Waals surface area contributed by atoms with Crippen LogP contribution >= 0.6 is 31.9 Å². The van der Waals surface area contributed by atoms with E-state index >= 15 is 0 Å². The molecule has 0 saturated carbocycles. The molecule has 0 saturated heterocycles. The summed E-state index contributed by atoms with van der Waals surface area (Å²) in [5.74, 6) is -5.90. The van der Waals surface area contributed by atoms with Crippen LogP contribution in [0.1, 0.15) is 151 Å². The van der Waals surface area contributed by atoms with Gasteiger partial charge in [0, 0.05) is 75.5 Å². The van der Waals surface area contributed by atoms with Crippen molar-refractivity contribution >= 4 is 137 Å². The molecule has 6 aromatic carbocycles. The number of aliphatic hydroxyl groups excluding tert-OH is 1. The summed E-state index contributed by atoms with van der Waals surface area (Å²) in [6, 6.07) is 27.5. The van der Waals surface area contributed by atoms with Gasteiger partial charge < -0.3 is 45.5 Å². The molecule has 0 aliphatic carbocycles. The van der Waals surface area contributed by atoms with Gasteiger partial charge in [-0.1, -0.05) is 101 Å². The number of aliphatic hydroxyl groups is 1. The van der Waals surface area contributed by atoms with Crippen molar-refractivity contribution in [2.24, 2.45) is 0 Å². The van der Waals surface area contributed by atoms with Crippen molar-refractivity contribution in [1.82, 2.24) is 6.15 Å². The summed E-state index contributed by atoms with van der Waals surface area (Å²) < 4.78 is 105. The number of nitrogens with one attached hydrogen (secondary N) is 2. The first-order valence-electron chi connectivity index (χ1n) is 24.1. The number of nitro benzene ring substituents is 4.